The van der Waals surface area contributed by atoms with Gasteiger partial charge >= 0.3 is 5.54 Å². The van der Waals surface area contributed by atoms with Crippen LogP contribution in [0.15, 0.2) is 42.5 Å². The molecule has 0 aromatic heterocycles. The van der Waals surface area contributed by atoms with Crippen LogP contribution in [0.1, 0.15) is 16.8 Å². The fraction of sp³-hybridized carbons (Fsp3) is 0.412. The third-order valence-electron chi connectivity index (χ3n) is 5.44. The van der Waals surface area contributed by atoms with E-state index in [0.717, 1.165) is 12.2 Å². The van der Waals surface area contributed by atoms with Crippen molar-refractivity contribution in [1.82, 2.24) is 0 Å². The molecule has 1 N–H and O–H groups in total. The molecule has 1 aliphatic heterocycles. The number of ketones is 2. The van der Waals surface area contributed by atoms with Crippen LogP contribution in [-0.2, 0) is 4.79 Å². The van der Waals surface area contributed by atoms with E-state index in [1.807, 2.05) is 0 Å². The summed E-state index contributed by atoms with van der Waals surface area (Å²) in [5.41, 5.74) is -3.69. The van der Waals surface area contributed by atoms with Gasteiger partial charge < -0.3 is 4.90 Å². The number of hydrogen-bond donors (Lipinski definition) is 1. The van der Waals surface area contributed by atoms with E-state index in [4.69, 9.17) is 0 Å². The van der Waals surface area contributed by atoms with Crippen molar-refractivity contribution < 1.29 is 24.3 Å². The molecular weight excluding hydrogens is 342 g/mol. The van der Waals surface area contributed by atoms with Crippen LogP contribution in [0.25, 0.3) is 0 Å². The van der Waals surface area contributed by atoms with Gasteiger partial charge in [0.25, 0.3) is 5.54 Å². The first-order valence-corrected chi connectivity index (χ1v) is 8.16. The van der Waals surface area contributed by atoms with Crippen LogP contribution >= 0.6 is 0 Å². The Labute approximate surface area is 148 Å². The highest BCUT2D eigenvalue weighted by Gasteiger charge is 2.76. The Hall–Kier alpha value is -2.94. The maximum atomic E-state index is 12.7. The number of carbonyl (C=O) groups is 2. The summed E-state index contributed by atoms with van der Waals surface area (Å²) in [6, 6.07) is 8.10. The number of likely N-dealkylation sites (tertiary alicyclic amines) is 1. The summed E-state index contributed by atoms with van der Waals surface area (Å²) in [5, 5.41) is 23.9. The topological polar surface area (TPSA) is 125 Å². The number of piperidine rings is 1. The molecule has 9 nitrogen and oxygen atoms in total. The molecule has 136 valence electrons. The Balaban J connectivity index is 2.13. The second-order valence-corrected chi connectivity index (χ2v) is 6.98. The molecule has 3 rings (SSSR count). The fourth-order valence-electron chi connectivity index (χ4n) is 4.27. The minimum atomic E-state index is -2.17. The van der Waals surface area contributed by atoms with Crippen molar-refractivity contribution in [1.29, 1.82) is 0 Å². The van der Waals surface area contributed by atoms with E-state index in [-0.39, 0.29) is 13.1 Å². The molecule has 26 heavy (non-hydrogen) atoms. The average Bonchev–Trinajstić information content (AvgIpc) is 2.60. The van der Waals surface area contributed by atoms with Gasteiger partial charge in [-0.25, -0.2) is 0 Å². The van der Waals surface area contributed by atoms with Crippen LogP contribution in [0.4, 0.5) is 0 Å². The van der Waals surface area contributed by atoms with Gasteiger partial charge in [-0.05, 0) is 6.08 Å². The van der Waals surface area contributed by atoms with E-state index in [0.29, 0.717) is 10.5 Å². The first-order valence-electron chi connectivity index (χ1n) is 8.16. The Morgan fingerprint density at radius 1 is 1.19 bits per heavy atom. The lowest BCUT2D eigenvalue weighted by Gasteiger charge is -2.44. The van der Waals surface area contributed by atoms with E-state index in [1.165, 1.54) is 0 Å². The monoisotopic (exact) mass is 360 g/mol. The highest BCUT2D eigenvalue weighted by molar-refractivity contribution is 6.01. The normalized spacial score (nSPS) is 32.9. The number of fused-ring (bicyclic) bond motifs is 2. The molecule has 0 saturated carbocycles. The summed E-state index contributed by atoms with van der Waals surface area (Å²) in [5.74, 6) is -2.57. The number of benzene rings is 1. The number of quaternary nitrogens is 1. The van der Waals surface area contributed by atoms with E-state index in [2.05, 4.69) is 0 Å². The molecule has 1 unspecified atom stereocenters. The van der Waals surface area contributed by atoms with Crippen LogP contribution in [0, 0.1) is 26.1 Å². The minimum absolute atomic E-state index is 0.0217. The van der Waals surface area contributed by atoms with E-state index < -0.39 is 44.8 Å². The summed E-state index contributed by atoms with van der Waals surface area (Å²) in [4.78, 5) is 48.3. The average molecular weight is 360 g/mol. The number of carbonyl (C=O) groups excluding carboxylic acids is 2. The van der Waals surface area contributed by atoms with Crippen molar-refractivity contribution in [2.75, 3.05) is 20.1 Å². The Bertz CT molecular complexity index is 823. The van der Waals surface area contributed by atoms with Crippen LogP contribution in [-0.4, -0.2) is 52.6 Å². The van der Waals surface area contributed by atoms with Crippen molar-refractivity contribution in [3.63, 3.8) is 0 Å². The molecule has 1 aromatic rings. The van der Waals surface area contributed by atoms with Gasteiger partial charge in [-0.3, -0.25) is 29.8 Å². The first-order chi connectivity index (χ1) is 12.2. The van der Waals surface area contributed by atoms with Gasteiger partial charge in [-0.15, -0.1) is 0 Å². The van der Waals surface area contributed by atoms with Gasteiger partial charge in [0.05, 0.1) is 7.05 Å². The van der Waals surface area contributed by atoms with Crippen LogP contribution in [0.5, 0.6) is 0 Å². The van der Waals surface area contributed by atoms with Gasteiger partial charge in [0.15, 0.2) is 18.9 Å². The first kappa shape index (κ1) is 17.9. The molecular formula is C17H18N3O6+. The van der Waals surface area contributed by atoms with Crippen LogP contribution < -0.4 is 4.90 Å². The maximum absolute atomic E-state index is 12.7. The zero-order chi connectivity index (χ0) is 19.1. The summed E-state index contributed by atoms with van der Waals surface area (Å²) in [7, 11) is 1.58. The van der Waals surface area contributed by atoms with Crippen molar-refractivity contribution in [2.45, 2.75) is 17.5 Å². The number of rotatable bonds is 5. The molecule has 2 aliphatic rings. The minimum Gasteiger partial charge on any atom is -0.325 e. The molecule has 1 aliphatic carbocycles. The Kier molecular flexibility index (Phi) is 4.19. The molecule has 1 fully saturated rings. The highest BCUT2D eigenvalue weighted by Crippen LogP contribution is 2.42. The lowest BCUT2D eigenvalue weighted by atomic mass is 9.60. The smallest absolute Gasteiger partial charge is 0.325 e. The summed E-state index contributed by atoms with van der Waals surface area (Å²) in [6.45, 7) is -0.211. The van der Waals surface area contributed by atoms with E-state index >= 15 is 0 Å². The standard InChI is InChI=1S/C17H17N3O6/c1-18-10-16(19(23)24)8-7-15(22)17(11-18,20(25)26)14(16)9-13(21)12-5-3-2-4-6-12/h2-8,14H,9-11H2,1H3/p+1/t14-,16+,17-/m1/s1. The molecule has 0 amide bonds. The maximum Gasteiger partial charge on any atom is 0.340 e. The fourth-order valence-corrected chi connectivity index (χ4v) is 4.27. The highest BCUT2D eigenvalue weighted by atomic mass is 16.6. The van der Waals surface area contributed by atoms with Crippen molar-refractivity contribution >= 4 is 11.6 Å². The number of nitrogens with zero attached hydrogens (tertiary/aromatic N) is 2. The van der Waals surface area contributed by atoms with E-state index in [9.17, 15) is 29.8 Å². The second-order valence-electron chi connectivity index (χ2n) is 6.98. The largest absolute Gasteiger partial charge is 0.340 e. The summed E-state index contributed by atoms with van der Waals surface area (Å²) >= 11 is 0. The SMILES string of the molecule is C[NH+]1C[C@@]2([N+](=O)[O-])C=CC(=O)[C@@]([N+](=O)[O-])(C1)[C@@H]2CC(=O)c1ccccc1. The molecule has 9 heteroatoms. The molecule has 1 heterocycles. The summed E-state index contributed by atoms with van der Waals surface area (Å²) in [6.07, 6.45) is 1.65. The third kappa shape index (κ3) is 2.43. The number of likely N-dealkylation sites (N-methyl/N-ethyl adjacent to an activating group) is 1. The molecule has 1 aromatic carbocycles. The predicted molar refractivity (Wildman–Crippen MR) is 89.1 cm³/mol. The Morgan fingerprint density at radius 2 is 1.85 bits per heavy atom. The van der Waals surface area contributed by atoms with Gasteiger partial charge in [0.2, 0.25) is 5.78 Å². The van der Waals surface area contributed by atoms with E-state index in [1.54, 1.807) is 37.4 Å². The van der Waals surface area contributed by atoms with Crippen LogP contribution in [0.3, 0.4) is 0 Å². The van der Waals surface area contributed by atoms with Crippen molar-refractivity contribution in [2.24, 2.45) is 5.92 Å². The third-order valence-corrected chi connectivity index (χ3v) is 5.44. The number of nitrogens with one attached hydrogen (secondary N) is 1. The molecule has 1 saturated heterocycles. The lowest BCUT2D eigenvalue weighted by molar-refractivity contribution is -0.926. The van der Waals surface area contributed by atoms with Gasteiger partial charge in [-0.1, -0.05) is 30.3 Å². The second kappa shape index (κ2) is 6.10. The zero-order valence-corrected chi connectivity index (χ0v) is 14.1. The lowest BCUT2D eigenvalue weighted by Crippen LogP contribution is -3.17. The Morgan fingerprint density at radius 3 is 2.42 bits per heavy atom. The summed E-state index contributed by atoms with van der Waals surface area (Å²) < 4.78 is 0. The van der Waals surface area contributed by atoms with Gasteiger partial charge in [-0.2, -0.15) is 0 Å². The number of Topliss-reactive ketones (excluding diaryl/α,β-unsaturated/α-hetero) is 1. The van der Waals surface area contributed by atoms with Gasteiger partial charge in [0.1, 0.15) is 5.92 Å². The molecule has 0 radical (unpaired) electrons. The number of nitro groups is 2. The van der Waals surface area contributed by atoms with Crippen molar-refractivity contribution in [3.8, 4) is 0 Å². The zero-order valence-electron chi connectivity index (χ0n) is 14.1. The van der Waals surface area contributed by atoms with Crippen LogP contribution in [0.2, 0.25) is 0 Å². The number of hydrogen-bond acceptors (Lipinski definition) is 6. The molecule has 2 bridgehead atoms. The van der Waals surface area contributed by atoms with Crippen molar-refractivity contribution in [3.05, 3.63) is 68.3 Å². The van der Waals surface area contributed by atoms with Gasteiger partial charge in [0, 0.05) is 27.9 Å². The molecule has 4 atom stereocenters. The predicted octanol–water partition coefficient (Wildman–Crippen LogP) is -0.426. The quantitative estimate of drug-likeness (QED) is 0.432. The molecule has 0 spiro atoms.